The first kappa shape index (κ1) is 24.2. The number of nitrogens with zero attached hydrogens (tertiary/aromatic N) is 4. The molecule has 2 aliphatic heterocycles. The Balaban J connectivity index is 0.000000360. The lowest BCUT2D eigenvalue weighted by molar-refractivity contribution is -0.192. The van der Waals surface area contributed by atoms with Gasteiger partial charge >= 0.3 is 12.1 Å². The van der Waals surface area contributed by atoms with E-state index in [-0.39, 0.29) is 5.41 Å². The molecule has 4 rings (SSSR count). The van der Waals surface area contributed by atoms with Crippen molar-refractivity contribution < 1.29 is 27.8 Å². The minimum absolute atomic E-state index is 0.0279. The molecule has 1 aromatic carbocycles. The van der Waals surface area contributed by atoms with E-state index in [1.54, 1.807) is 0 Å². The molecule has 2 aromatic rings. The number of carbonyl (C=O) groups is 1. The molecule has 11 heteroatoms. The van der Waals surface area contributed by atoms with Crippen LogP contribution in [0.15, 0.2) is 30.5 Å². The Labute approximate surface area is 188 Å². The number of hydrogen-bond acceptors (Lipinski definition) is 6. The van der Waals surface area contributed by atoms with E-state index in [1.807, 2.05) is 43.4 Å². The molecule has 1 atom stereocenters. The average Bonchev–Trinajstić information content (AvgIpc) is 3.10. The van der Waals surface area contributed by atoms with Gasteiger partial charge in [-0.1, -0.05) is 23.7 Å². The second-order valence-corrected chi connectivity index (χ2v) is 8.54. The number of fused-ring (bicyclic) bond motifs is 2. The highest BCUT2D eigenvalue weighted by Gasteiger charge is 2.45. The zero-order chi connectivity index (χ0) is 23.5. The van der Waals surface area contributed by atoms with Gasteiger partial charge in [0.05, 0.1) is 24.3 Å². The van der Waals surface area contributed by atoms with Crippen molar-refractivity contribution in [3.8, 4) is 0 Å². The molecule has 1 saturated heterocycles. The van der Waals surface area contributed by atoms with Gasteiger partial charge < -0.3 is 14.7 Å². The third-order valence-corrected chi connectivity index (χ3v) is 5.60. The number of anilines is 1. The van der Waals surface area contributed by atoms with Crippen molar-refractivity contribution in [3.05, 3.63) is 52.3 Å². The van der Waals surface area contributed by atoms with Crippen molar-refractivity contribution in [1.82, 2.24) is 14.9 Å². The predicted molar refractivity (Wildman–Crippen MR) is 113 cm³/mol. The summed E-state index contributed by atoms with van der Waals surface area (Å²) in [5.41, 5.74) is 3.52. The summed E-state index contributed by atoms with van der Waals surface area (Å²) in [6, 6.07) is 8.11. The highest BCUT2D eigenvalue weighted by atomic mass is 35.5. The lowest BCUT2D eigenvalue weighted by atomic mass is 9.80. The van der Waals surface area contributed by atoms with Gasteiger partial charge in [0.2, 0.25) is 5.95 Å². The molecule has 174 valence electrons. The number of benzene rings is 1. The molecular formula is C21H24ClF3N4O3. The summed E-state index contributed by atoms with van der Waals surface area (Å²) < 4.78 is 37.6. The molecule has 1 fully saturated rings. The summed E-state index contributed by atoms with van der Waals surface area (Å²) in [7, 11) is 3.96. The van der Waals surface area contributed by atoms with Gasteiger partial charge in [0, 0.05) is 44.0 Å². The number of carboxylic acids is 1. The highest BCUT2D eigenvalue weighted by molar-refractivity contribution is 6.30. The lowest BCUT2D eigenvalue weighted by Gasteiger charge is -2.34. The Morgan fingerprint density at radius 2 is 2.09 bits per heavy atom. The van der Waals surface area contributed by atoms with E-state index in [9.17, 15) is 13.2 Å². The molecule has 3 heterocycles. The first-order chi connectivity index (χ1) is 15.0. The van der Waals surface area contributed by atoms with E-state index in [2.05, 4.69) is 16.0 Å². The molecule has 0 amide bonds. The number of alkyl halides is 3. The minimum Gasteiger partial charge on any atom is -0.475 e. The quantitative estimate of drug-likeness (QED) is 0.732. The van der Waals surface area contributed by atoms with Crippen LogP contribution in [0, 0.1) is 0 Å². The Hall–Kier alpha value is -2.43. The van der Waals surface area contributed by atoms with Gasteiger partial charge in [-0.05, 0) is 30.7 Å². The van der Waals surface area contributed by atoms with Crippen molar-refractivity contribution in [2.45, 2.75) is 31.2 Å². The van der Waals surface area contributed by atoms with Gasteiger partial charge in [-0.25, -0.2) is 14.8 Å². The van der Waals surface area contributed by atoms with E-state index in [0.717, 1.165) is 49.2 Å². The average molecular weight is 473 g/mol. The fourth-order valence-corrected chi connectivity index (χ4v) is 4.11. The van der Waals surface area contributed by atoms with Crippen LogP contribution in [-0.2, 0) is 28.1 Å². The van der Waals surface area contributed by atoms with Crippen LogP contribution in [0.4, 0.5) is 19.1 Å². The number of aliphatic carboxylic acids is 1. The molecule has 32 heavy (non-hydrogen) atoms. The van der Waals surface area contributed by atoms with E-state index in [0.29, 0.717) is 6.61 Å². The highest BCUT2D eigenvalue weighted by Crippen LogP contribution is 2.39. The van der Waals surface area contributed by atoms with E-state index in [4.69, 9.17) is 31.2 Å². The first-order valence-corrected chi connectivity index (χ1v) is 10.3. The van der Waals surface area contributed by atoms with Gasteiger partial charge in [0.25, 0.3) is 0 Å². The van der Waals surface area contributed by atoms with Crippen LogP contribution in [-0.4, -0.2) is 65.9 Å². The molecular weight excluding hydrogens is 449 g/mol. The number of halogens is 4. The summed E-state index contributed by atoms with van der Waals surface area (Å²) in [5.74, 6) is -1.99. The summed E-state index contributed by atoms with van der Waals surface area (Å²) in [6.45, 7) is 4.24. The summed E-state index contributed by atoms with van der Waals surface area (Å²) >= 11 is 6.13. The zero-order valence-corrected chi connectivity index (χ0v) is 18.4. The fourth-order valence-electron chi connectivity index (χ4n) is 3.90. The maximum atomic E-state index is 10.6. The Morgan fingerprint density at radius 3 is 2.72 bits per heavy atom. The molecule has 1 spiro atoms. The van der Waals surface area contributed by atoms with Crippen LogP contribution in [0.2, 0.25) is 5.02 Å². The van der Waals surface area contributed by atoms with Crippen molar-refractivity contribution >= 4 is 23.5 Å². The molecule has 0 aliphatic carbocycles. The summed E-state index contributed by atoms with van der Waals surface area (Å²) in [5, 5.41) is 7.92. The Morgan fingerprint density at radius 1 is 1.38 bits per heavy atom. The summed E-state index contributed by atoms with van der Waals surface area (Å²) in [4.78, 5) is 22.7. The molecule has 0 radical (unpaired) electrons. The van der Waals surface area contributed by atoms with Gasteiger partial charge in [-0.3, -0.25) is 4.90 Å². The second kappa shape index (κ2) is 9.60. The van der Waals surface area contributed by atoms with E-state index in [1.165, 1.54) is 11.3 Å². The van der Waals surface area contributed by atoms with E-state index >= 15 is 0 Å². The number of rotatable bonds is 3. The fraction of sp³-hybridized carbons (Fsp3) is 0.476. The molecule has 1 aromatic heterocycles. The van der Waals surface area contributed by atoms with Crippen LogP contribution in [0.1, 0.15) is 23.2 Å². The summed E-state index contributed by atoms with van der Waals surface area (Å²) in [6.07, 6.45) is -2.09. The normalized spacial score (nSPS) is 20.4. The molecule has 1 N–H and O–H groups in total. The van der Waals surface area contributed by atoms with Crippen LogP contribution >= 0.6 is 11.6 Å². The first-order valence-electron chi connectivity index (χ1n) is 9.88. The zero-order valence-electron chi connectivity index (χ0n) is 17.7. The molecule has 1 unspecified atom stereocenters. The molecule has 0 saturated carbocycles. The maximum absolute atomic E-state index is 10.6. The van der Waals surface area contributed by atoms with Gasteiger partial charge in [-0.15, -0.1) is 0 Å². The van der Waals surface area contributed by atoms with Gasteiger partial charge in [0.1, 0.15) is 0 Å². The number of likely N-dealkylation sites (tertiary alicyclic amines) is 1. The van der Waals surface area contributed by atoms with Gasteiger partial charge in [-0.2, -0.15) is 13.2 Å². The number of aromatic nitrogens is 2. The molecule has 0 bridgehead atoms. The SMILES string of the molecule is CN(C)c1ncc2c(n1)C1(CCN(Cc3cccc(Cl)c3)C1)COC2.O=C(O)C(F)(F)F. The monoisotopic (exact) mass is 472 g/mol. The largest absolute Gasteiger partial charge is 0.490 e. The van der Waals surface area contributed by atoms with Crippen molar-refractivity contribution in [2.24, 2.45) is 0 Å². The topological polar surface area (TPSA) is 78.8 Å². The number of ether oxygens (including phenoxy) is 1. The Bertz CT molecular complexity index is 974. The van der Waals surface area contributed by atoms with Crippen molar-refractivity contribution in [1.29, 1.82) is 0 Å². The van der Waals surface area contributed by atoms with Crippen molar-refractivity contribution in [3.63, 3.8) is 0 Å². The van der Waals surface area contributed by atoms with Crippen LogP contribution in [0.25, 0.3) is 0 Å². The van der Waals surface area contributed by atoms with Crippen LogP contribution < -0.4 is 4.90 Å². The minimum atomic E-state index is -5.08. The molecule has 7 nitrogen and oxygen atoms in total. The third-order valence-electron chi connectivity index (χ3n) is 5.36. The Kier molecular flexibility index (Phi) is 7.26. The van der Waals surface area contributed by atoms with Crippen LogP contribution in [0.5, 0.6) is 0 Å². The van der Waals surface area contributed by atoms with Gasteiger partial charge in [0.15, 0.2) is 0 Å². The third kappa shape index (κ3) is 5.67. The van der Waals surface area contributed by atoms with Crippen LogP contribution in [0.3, 0.4) is 0 Å². The second-order valence-electron chi connectivity index (χ2n) is 8.10. The lowest BCUT2D eigenvalue weighted by Crippen LogP contribution is -2.40. The predicted octanol–water partition coefficient (Wildman–Crippen LogP) is 3.50. The number of carboxylic acid groups (broad SMARTS) is 1. The smallest absolute Gasteiger partial charge is 0.475 e. The number of hydrogen-bond donors (Lipinski definition) is 1. The van der Waals surface area contributed by atoms with E-state index < -0.39 is 12.1 Å². The standard InChI is InChI=1S/C19H23ClN4O.C2HF3O2/c1-23(2)18-21-9-15-11-25-13-19(17(15)22-18)6-7-24(12-19)10-14-4-3-5-16(20)8-14;3-2(4,5)1(6)7/h3-5,8-9H,6-7,10-13H2,1-2H3;(H,6,7). The van der Waals surface area contributed by atoms with Crippen molar-refractivity contribution in [2.75, 3.05) is 38.7 Å². The molecule has 2 aliphatic rings. The maximum Gasteiger partial charge on any atom is 0.490 e.